The minimum Gasteiger partial charge on any atom is -0.266 e. The lowest BCUT2D eigenvalue weighted by Gasteiger charge is -2.12. The first-order valence-electron chi connectivity index (χ1n) is 9.10. The van der Waals surface area contributed by atoms with Gasteiger partial charge in [0, 0.05) is 23.0 Å². The third-order valence-electron chi connectivity index (χ3n) is 4.42. The molecule has 0 aliphatic heterocycles. The van der Waals surface area contributed by atoms with Crippen molar-refractivity contribution < 1.29 is 8.42 Å². The van der Waals surface area contributed by atoms with E-state index in [9.17, 15) is 13.2 Å². The van der Waals surface area contributed by atoms with Gasteiger partial charge in [0.25, 0.3) is 5.56 Å². The smallest absolute Gasteiger partial charge is 0.266 e. The van der Waals surface area contributed by atoms with Crippen LogP contribution in [0, 0.1) is 0 Å². The predicted molar refractivity (Wildman–Crippen MR) is 122 cm³/mol. The van der Waals surface area contributed by atoms with Crippen molar-refractivity contribution in [2.75, 3.05) is 6.26 Å². The average molecular weight is 470 g/mol. The molecule has 0 bridgehead atoms. The highest BCUT2D eigenvalue weighted by molar-refractivity contribution is 7.99. The zero-order valence-corrected chi connectivity index (χ0v) is 18.7. The van der Waals surface area contributed by atoms with Crippen molar-refractivity contribution in [2.24, 2.45) is 0 Å². The lowest BCUT2D eigenvalue weighted by Crippen LogP contribution is -2.23. The summed E-state index contributed by atoms with van der Waals surface area (Å²) in [4.78, 5) is 18.3. The molecule has 2 heterocycles. The van der Waals surface area contributed by atoms with Gasteiger partial charge in [-0.3, -0.25) is 4.79 Å². The first-order chi connectivity index (χ1) is 14.8. The Balaban J connectivity index is 1.88. The average Bonchev–Trinajstić information content (AvgIpc) is 2.75. The maximum Gasteiger partial charge on any atom is 0.286 e. The Hall–Kier alpha value is -2.94. The molecular formula is C22H16ClN3O3S2. The van der Waals surface area contributed by atoms with Crippen molar-refractivity contribution in [3.05, 3.63) is 94.5 Å². The van der Waals surface area contributed by atoms with E-state index in [0.29, 0.717) is 31.8 Å². The van der Waals surface area contributed by atoms with Crippen LogP contribution in [0.3, 0.4) is 0 Å². The summed E-state index contributed by atoms with van der Waals surface area (Å²) < 4.78 is 24.8. The summed E-state index contributed by atoms with van der Waals surface area (Å²) >= 11 is 7.31. The van der Waals surface area contributed by atoms with E-state index in [-0.39, 0.29) is 10.5 Å². The van der Waals surface area contributed by atoms with Gasteiger partial charge in [-0.25, -0.2) is 13.4 Å². The molecule has 0 aliphatic carbocycles. The normalized spacial score (nSPS) is 11.4. The van der Waals surface area contributed by atoms with Gasteiger partial charge < -0.3 is 0 Å². The zero-order valence-electron chi connectivity index (χ0n) is 16.3. The molecule has 0 fully saturated rings. The lowest BCUT2D eigenvalue weighted by molar-refractivity contribution is 0.602. The van der Waals surface area contributed by atoms with Crippen LogP contribution in [0.25, 0.3) is 16.8 Å². The number of sulfone groups is 1. The second kappa shape index (κ2) is 8.66. The molecule has 0 amide bonds. The van der Waals surface area contributed by atoms with Gasteiger partial charge in [0.2, 0.25) is 0 Å². The quantitative estimate of drug-likeness (QED) is 0.428. The van der Waals surface area contributed by atoms with Crippen molar-refractivity contribution in [3.8, 4) is 16.8 Å². The Bertz CT molecular complexity index is 1400. The lowest BCUT2D eigenvalue weighted by atomic mass is 10.1. The molecule has 0 saturated heterocycles. The largest absolute Gasteiger partial charge is 0.286 e. The minimum absolute atomic E-state index is 0.204. The van der Waals surface area contributed by atoms with Crippen LogP contribution >= 0.6 is 23.4 Å². The molecular weight excluding hydrogens is 454 g/mol. The summed E-state index contributed by atoms with van der Waals surface area (Å²) in [5.41, 5.74) is 1.47. The zero-order chi connectivity index (χ0) is 22.0. The number of hydrogen-bond acceptors (Lipinski definition) is 6. The molecule has 0 saturated carbocycles. The van der Waals surface area contributed by atoms with Crippen molar-refractivity contribution in [3.63, 3.8) is 0 Å². The van der Waals surface area contributed by atoms with Crippen LogP contribution in [0.1, 0.15) is 0 Å². The standard InChI is InChI=1S/C22H16ClN3O3S2/c1-31(28,29)18-10-8-15(9-11-18)19-14-25-26(17-6-4-5-16(23)13-17)22(27)21(19)30-20-7-2-3-12-24-20/h2-14H,1H3. The van der Waals surface area contributed by atoms with Crippen LogP contribution in [0.2, 0.25) is 5.02 Å². The number of aromatic nitrogens is 3. The molecule has 0 radical (unpaired) electrons. The van der Waals surface area contributed by atoms with E-state index in [1.54, 1.807) is 54.9 Å². The van der Waals surface area contributed by atoms with Gasteiger partial charge in [0.15, 0.2) is 9.84 Å². The number of pyridine rings is 1. The van der Waals surface area contributed by atoms with Gasteiger partial charge in [-0.15, -0.1) is 0 Å². The van der Waals surface area contributed by atoms with Crippen molar-refractivity contribution in [2.45, 2.75) is 14.8 Å². The number of nitrogens with zero attached hydrogens (tertiary/aromatic N) is 3. The van der Waals surface area contributed by atoms with Crippen LogP contribution in [0.4, 0.5) is 0 Å². The van der Waals surface area contributed by atoms with E-state index in [2.05, 4.69) is 10.1 Å². The minimum atomic E-state index is -3.32. The van der Waals surface area contributed by atoms with Crippen LogP contribution < -0.4 is 5.56 Å². The van der Waals surface area contributed by atoms with Gasteiger partial charge in [0.1, 0.15) is 5.03 Å². The number of rotatable bonds is 5. The van der Waals surface area contributed by atoms with Crippen LogP contribution in [0.5, 0.6) is 0 Å². The summed E-state index contributed by atoms with van der Waals surface area (Å²) in [6.07, 6.45) is 4.39. The van der Waals surface area contributed by atoms with Gasteiger partial charge in [-0.2, -0.15) is 9.78 Å². The fourth-order valence-electron chi connectivity index (χ4n) is 2.93. The van der Waals surface area contributed by atoms with E-state index >= 15 is 0 Å². The fraction of sp³-hybridized carbons (Fsp3) is 0.0455. The Labute approximate surface area is 188 Å². The maximum absolute atomic E-state index is 13.4. The fourth-order valence-corrected chi connectivity index (χ4v) is 4.67. The second-order valence-electron chi connectivity index (χ2n) is 6.65. The Morgan fingerprint density at radius 1 is 1.00 bits per heavy atom. The highest BCUT2D eigenvalue weighted by Crippen LogP contribution is 2.33. The van der Waals surface area contributed by atoms with Gasteiger partial charge in [-0.1, -0.05) is 47.6 Å². The van der Waals surface area contributed by atoms with Crippen LogP contribution in [-0.4, -0.2) is 29.4 Å². The number of benzene rings is 2. The highest BCUT2D eigenvalue weighted by Gasteiger charge is 2.17. The summed E-state index contributed by atoms with van der Waals surface area (Å²) in [5, 5.41) is 5.47. The van der Waals surface area contributed by atoms with Gasteiger partial charge in [-0.05, 0) is 48.0 Å². The Morgan fingerprint density at radius 2 is 1.77 bits per heavy atom. The Morgan fingerprint density at radius 3 is 2.42 bits per heavy atom. The third kappa shape index (κ3) is 4.71. The molecule has 156 valence electrons. The van der Waals surface area contributed by atoms with Crippen LogP contribution in [0.15, 0.2) is 98.7 Å². The third-order valence-corrected chi connectivity index (χ3v) is 6.84. The molecule has 0 spiro atoms. The van der Waals surface area contributed by atoms with Crippen LogP contribution in [-0.2, 0) is 9.84 Å². The molecule has 4 aromatic rings. The molecule has 6 nitrogen and oxygen atoms in total. The first kappa shape index (κ1) is 21.3. The monoisotopic (exact) mass is 469 g/mol. The molecule has 2 aromatic heterocycles. The number of hydrogen-bond donors (Lipinski definition) is 0. The summed E-state index contributed by atoms with van der Waals surface area (Å²) in [5.74, 6) is 0. The summed E-state index contributed by atoms with van der Waals surface area (Å²) in [7, 11) is -3.32. The Kier molecular flexibility index (Phi) is 5.95. The molecule has 9 heteroatoms. The van der Waals surface area contributed by atoms with E-state index < -0.39 is 9.84 Å². The van der Waals surface area contributed by atoms with E-state index in [4.69, 9.17) is 11.6 Å². The predicted octanol–water partition coefficient (Wildman–Crippen LogP) is 4.50. The van der Waals surface area contributed by atoms with Gasteiger partial charge in [0.05, 0.1) is 21.7 Å². The highest BCUT2D eigenvalue weighted by atomic mass is 35.5. The number of halogens is 1. The molecule has 0 N–H and O–H groups in total. The molecule has 0 unspecified atom stereocenters. The summed E-state index contributed by atoms with van der Waals surface area (Å²) in [6.45, 7) is 0. The van der Waals surface area contributed by atoms with E-state index in [1.807, 2.05) is 12.1 Å². The van der Waals surface area contributed by atoms with Crippen molar-refractivity contribution in [1.82, 2.24) is 14.8 Å². The maximum atomic E-state index is 13.4. The molecule has 31 heavy (non-hydrogen) atoms. The summed E-state index contributed by atoms with van der Waals surface area (Å²) in [6, 6.07) is 18.7. The van der Waals surface area contributed by atoms with Gasteiger partial charge >= 0.3 is 0 Å². The molecule has 0 aliphatic rings. The molecule has 2 aromatic carbocycles. The van der Waals surface area contributed by atoms with E-state index in [1.165, 1.54) is 28.6 Å². The van der Waals surface area contributed by atoms with Crippen molar-refractivity contribution in [1.29, 1.82) is 0 Å². The second-order valence-corrected chi connectivity index (χ2v) is 10.1. The van der Waals surface area contributed by atoms with Crippen molar-refractivity contribution >= 4 is 33.2 Å². The SMILES string of the molecule is CS(=O)(=O)c1ccc(-c2cnn(-c3cccc(Cl)c3)c(=O)c2Sc2ccccn2)cc1. The first-order valence-corrected chi connectivity index (χ1v) is 12.2. The van der Waals surface area contributed by atoms with E-state index in [0.717, 1.165) is 6.26 Å². The topological polar surface area (TPSA) is 81.9 Å². The molecule has 4 rings (SSSR count). The molecule has 0 atom stereocenters.